The number of aliphatic imine (C=N–C) groups is 1. The van der Waals surface area contributed by atoms with Crippen LogP contribution in [0.5, 0.6) is 5.88 Å². The minimum Gasteiger partial charge on any atom is -0.859 e. The summed E-state index contributed by atoms with van der Waals surface area (Å²) < 4.78 is 35.7. The summed E-state index contributed by atoms with van der Waals surface area (Å²) in [4.78, 5) is 48.4. The first kappa shape index (κ1) is 45.8. The first-order chi connectivity index (χ1) is 28.4. The number of non-ortho nitro benzene ring substituents is 1. The fourth-order valence-electron chi connectivity index (χ4n) is 5.06. The molecule has 0 spiro atoms. The zero-order valence-corrected chi connectivity index (χ0v) is 33.3. The van der Waals surface area contributed by atoms with Gasteiger partial charge in [-0.15, -0.1) is 20.5 Å². The number of aryl methyl sites for hydroxylation is 2. The minimum atomic E-state index is -4.84. The Kier molecular flexibility index (Phi) is 14.4. The van der Waals surface area contributed by atoms with Gasteiger partial charge >= 0.3 is 20.2 Å². The number of nitrogens with zero attached hydrogens (tertiary/aromatic N) is 9. The molecule has 6 aromatic rings. The maximum atomic E-state index is 12.8. The van der Waals surface area contributed by atoms with Gasteiger partial charge in [0.15, 0.2) is 5.69 Å². The molecule has 0 amide bonds. The molecule has 0 aliphatic carbocycles. The van der Waals surface area contributed by atoms with Crippen molar-refractivity contribution in [2.75, 3.05) is 0 Å². The molecular weight excluding hydrogens is 861 g/mol. The van der Waals surface area contributed by atoms with Crippen molar-refractivity contribution in [2.24, 2.45) is 25.4 Å². The third-order valence-electron chi connectivity index (χ3n) is 7.95. The Morgan fingerprint density at radius 2 is 1.46 bits per heavy atom. The SMILES string of the molecule is C=CC([O-])=Nc1ccc(-n2[nH]c(C)c(N=Nc3ccc([N+](=O)[O-])cc3C(=O)[O-])c2=O)cc1.Cc1nn(-c2ccccc2)c([O-])c1N=Nc1cc(S(=O)(=O)[O-])ccc1C(=O)[O-].[Cr+3].[H+].[H+]. The molecular formula is C37H27CrN10O12S. The number of carboxylic acid groups (broad SMARTS) is 2. The van der Waals surface area contributed by atoms with Gasteiger partial charge < -0.3 is 34.6 Å². The van der Waals surface area contributed by atoms with Crippen LogP contribution >= 0.6 is 0 Å². The van der Waals surface area contributed by atoms with Gasteiger partial charge in [0.1, 0.15) is 15.8 Å². The quantitative estimate of drug-likeness (QED) is 0.0462. The maximum absolute atomic E-state index is 12.8. The summed E-state index contributed by atoms with van der Waals surface area (Å²) in [5.74, 6) is -4.43. The van der Waals surface area contributed by atoms with Gasteiger partial charge in [0.05, 0.1) is 61.6 Å². The van der Waals surface area contributed by atoms with Crippen molar-refractivity contribution >= 4 is 62.1 Å². The van der Waals surface area contributed by atoms with Crippen LogP contribution in [0.3, 0.4) is 0 Å². The Labute approximate surface area is 356 Å². The van der Waals surface area contributed by atoms with Gasteiger partial charge in [0, 0.05) is 29.1 Å². The molecule has 4 aromatic carbocycles. The average Bonchev–Trinajstić information content (AvgIpc) is 3.67. The number of aromatic amines is 1. The van der Waals surface area contributed by atoms with Crippen molar-refractivity contribution < 1.29 is 68.1 Å². The van der Waals surface area contributed by atoms with E-state index in [9.17, 15) is 57.9 Å². The van der Waals surface area contributed by atoms with E-state index in [1.165, 1.54) is 23.7 Å². The molecule has 1 radical (unpaired) electrons. The van der Waals surface area contributed by atoms with E-state index in [2.05, 4.69) is 42.2 Å². The van der Waals surface area contributed by atoms with Crippen molar-refractivity contribution in [3.63, 3.8) is 0 Å². The summed E-state index contributed by atoms with van der Waals surface area (Å²) in [6.45, 7) is 6.40. The van der Waals surface area contributed by atoms with E-state index in [1.54, 1.807) is 49.4 Å². The summed E-state index contributed by atoms with van der Waals surface area (Å²) >= 11 is 0. The van der Waals surface area contributed by atoms with E-state index in [1.807, 2.05) is 0 Å². The van der Waals surface area contributed by atoms with Gasteiger partial charge in [0.2, 0.25) is 0 Å². The van der Waals surface area contributed by atoms with E-state index in [-0.39, 0.29) is 43.0 Å². The number of para-hydroxylation sites is 1. The van der Waals surface area contributed by atoms with Crippen molar-refractivity contribution in [1.82, 2.24) is 19.6 Å². The number of rotatable bonds is 12. The molecule has 2 heterocycles. The molecule has 0 saturated carbocycles. The van der Waals surface area contributed by atoms with E-state index in [4.69, 9.17) is 0 Å². The van der Waals surface area contributed by atoms with Crippen LogP contribution in [-0.2, 0) is 27.5 Å². The molecule has 0 saturated heterocycles. The predicted octanol–water partition coefficient (Wildman–Crippen LogP) is 2.90. The van der Waals surface area contributed by atoms with Crippen molar-refractivity contribution in [3.05, 3.63) is 147 Å². The molecule has 61 heavy (non-hydrogen) atoms. The van der Waals surface area contributed by atoms with Crippen LogP contribution in [0.1, 0.15) is 35.0 Å². The van der Waals surface area contributed by atoms with Gasteiger partial charge in [-0.05, 0) is 80.4 Å². The van der Waals surface area contributed by atoms with Crippen LogP contribution in [0.2, 0.25) is 0 Å². The number of aromatic carboxylic acids is 2. The molecule has 24 heteroatoms. The fraction of sp³-hybridized carbons (Fsp3) is 0.0541. The smallest absolute Gasteiger partial charge is 0.859 e. The Balaban J connectivity index is 0.000000417. The second-order valence-electron chi connectivity index (χ2n) is 11.9. The van der Waals surface area contributed by atoms with Crippen LogP contribution in [0.4, 0.5) is 34.1 Å². The number of carbonyl (C=O) groups excluding carboxylic acids is 2. The molecule has 0 bridgehead atoms. The van der Waals surface area contributed by atoms with E-state index in [0.717, 1.165) is 47.2 Å². The number of nitrogens with one attached hydrogen (secondary N) is 1. The van der Waals surface area contributed by atoms with Crippen LogP contribution in [0.25, 0.3) is 11.4 Å². The number of H-pyrrole nitrogens is 1. The molecule has 1 N–H and O–H groups in total. The van der Waals surface area contributed by atoms with Gasteiger partial charge in [-0.3, -0.25) is 25.0 Å². The summed E-state index contributed by atoms with van der Waals surface area (Å²) in [5, 5.41) is 79.1. The zero-order chi connectivity index (χ0) is 43.9. The number of benzene rings is 4. The second-order valence-corrected chi connectivity index (χ2v) is 13.3. The van der Waals surface area contributed by atoms with Crippen molar-refractivity contribution in [2.45, 2.75) is 18.7 Å². The van der Waals surface area contributed by atoms with Crippen molar-refractivity contribution in [3.8, 4) is 17.3 Å². The number of hydrogen-bond acceptors (Lipinski definition) is 18. The molecule has 0 atom stereocenters. The van der Waals surface area contributed by atoms with Gasteiger partial charge in [-0.25, -0.2) is 17.8 Å². The fourth-order valence-corrected chi connectivity index (χ4v) is 5.55. The number of carbonyl (C=O) groups is 2. The number of azo groups is 2. The third kappa shape index (κ3) is 10.8. The molecule has 0 aliphatic rings. The number of nitro benzene ring substituents is 1. The number of aromatic nitrogens is 4. The average molecular weight is 888 g/mol. The number of nitro groups is 1. The Hall–Kier alpha value is -7.91. The second kappa shape index (κ2) is 19.2. The van der Waals surface area contributed by atoms with Crippen LogP contribution < -0.4 is 26.0 Å². The molecule has 0 unspecified atom stereocenters. The summed E-state index contributed by atoms with van der Waals surface area (Å²) in [5.41, 5.74) is -1.10. The molecule has 309 valence electrons. The molecule has 2 aromatic heterocycles. The van der Waals surface area contributed by atoms with E-state index < -0.39 is 71.7 Å². The molecule has 0 aliphatic heterocycles. The predicted molar refractivity (Wildman–Crippen MR) is 203 cm³/mol. The van der Waals surface area contributed by atoms with Crippen LogP contribution in [0.15, 0.2) is 139 Å². The normalized spacial score (nSPS) is 11.5. The van der Waals surface area contributed by atoms with E-state index >= 15 is 0 Å². The summed E-state index contributed by atoms with van der Waals surface area (Å²) in [7, 11) is -4.84. The molecule has 22 nitrogen and oxygen atoms in total. The topological polar surface area (TPSA) is 344 Å². The maximum Gasteiger partial charge on any atom is 3.00 e. The number of hydrogen-bond donors (Lipinski definition) is 1. The van der Waals surface area contributed by atoms with Gasteiger partial charge in [-0.2, -0.15) is 5.10 Å². The third-order valence-corrected chi connectivity index (χ3v) is 8.79. The largest absolute Gasteiger partial charge is 3.00 e. The Morgan fingerprint density at radius 3 is 2.05 bits per heavy atom. The Bertz CT molecular complexity index is 2940. The Morgan fingerprint density at radius 1 is 0.836 bits per heavy atom. The first-order valence-corrected chi connectivity index (χ1v) is 18.1. The van der Waals surface area contributed by atoms with Gasteiger partial charge in [-0.1, -0.05) is 30.9 Å². The number of carboxylic acids is 2. The summed E-state index contributed by atoms with van der Waals surface area (Å²) in [6.07, 6.45) is 1.07. The zero-order valence-electron chi connectivity index (χ0n) is 33.2. The standard InChI is InChI=1S/C20H16N6O6.C17H14N4O6S.Cr/c1-3-17(27)21-12-4-6-13(7-5-12)25-19(28)18(11(2)24-25)23-22-16-9-8-14(26(31)32)10-15(16)20(29)30;1-10-15(16(22)21(20-10)11-5-3-2-4-6-11)19-18-14-9-12(28(25,26)27)7-8-13(14)17(23)24;/h3-10,24H,1H2,2H3,(H,21,27)(H,29,30);2-9,22H,1H3,(H,23,24)(H,25,26,27);/q;;+3/p-3. The first-order valence-electron chi connectivity index (χ1n) is 16.7. The van der Waals surface area contributed by atoms with Crippen LogP contribution in [0, 0.1) is 24.0 Å². The minimum absolute atomic E-state index is 0. The summed E-state index contributed by atoms with van der Waals surface area (Å²) in [6, 6.07) is 20.1. The monoisotopic (exact) mass is 887 g/mol. The van der Waals surface area contributed by atoms with Crippen LogP contribution in [-0.4, -0.2) is 55.3 Å². The van der Waals surface area contributed by atoms with Gasteiger partial charge in [0.25, 0.3) is 11.2 Å². The van der Waals surface area contributed by atoms with Crippen molar-refractivity contribution in [1.29, 1.82) is 0 Å². The molecule has 6 rings (SSSR count). The molecule has 0 fully saturated rings. The van der Waals surface area contributed by atoms with E-state index in [0.29, 0.717) is 22.8 Å².